The van der Waals surface area contributed by atoms with Gasteiger partial charge in [-0.3, -0.25) is 0 Å². The van der Waals surface area contributed by atoms with Crippen LogP contribution in [0.25, 0.3) is 5.57 Å². The van der Waals surface area contributed by atoms with Crippen molar-refractivity contribution in [1.82, 2.24) is 0 Å². The Labute approximate surface area is 99.6 Å². The van der Waals surface area contributed by atoms with Crippen LogP contribution in [0.4, 0.5) is 0 Å². The van der Waals surface area contributed by atoms with Crippen LogP contribution in [0.3, 0.4) is 0 Å². The van der Waals surface area contributed by atoms with Gasteiger partial charge in [0.2, 0.25) is 0 Å². The molecular weight excluding hydrogens is 175 g/mol. The topological polar surface area (TPSA) is 40.1 Å². The van der Waals surface area contributed by atoms with Gasteiger partial charge in [-0.05, 0) is 24.1 Å². The van der Waals surface area contributed by atoms with Crippen molar-refractivity contribution in [2.24, 2.45) is 0 Å². The Kier molecular flexibility index (Phi) is 5.71. The number of carboxylic acid groups (broad SMARTS) is 1. The van der Waals surface area contributed by atoms with Gasteiger partial charge in [-0.15, -0.1) is 0 Å². The van der Waals surface area contributed by atoms with Gasteiger partial charge in [0.15, 0.2) is 0 Å². The predicted octanol–water partition coefficient (Wildman–Crippen LogP) is -2.16. The van der Waals surface area contributed by atoms with Crippen molar-refractivity contribution in [3.05, 3.63) is 42.0 Å². The van der Waals surface area contributed by atoms with Crippen molar-refractivity contribution in [1.29, 1.82) is 0 Å². The summed E-state index contributed by atoms with van der Waals surface area (Å²) in [5, 5.41) is 10.2. The molecule has 0 aliphatic heterocycles. The van der Waals surface area contributed by atoms with E-state index in [0.29, 0.717) is 5.57 Å². The molecule has 0 aliphatic rings. The van der Waals surface area contributed by atoms with Crippen LogP contribution >= 0.6 is 0 Å². The zero-order valence-corrected chi connectivity index (χ0v) is 9.78. The fraction of sp³-hybridized carbons (Fsp3) is 0.100. The van der Waals surface area contributed by atoms with E-state index in [-0.39, 0.29) is 29.6 Å². The molecular formula is C10H9NaO2. The average molecular weight is 184 g/mol. The first-order valence-electron chi connectivity index (χ1n) is 3.65. The van der Waals surface area contributed by atoms with Crippen molar-refractivity contribution in [2.45, 2.75) is 6.92 Å². The number of carbonyl (C=O) groups is 1. The number of hydrogen-bond donors (Lipinski definition) is 0. The second-order valence-corrected chi connectivity index (χ2v) is 2.51. The maximum absolute atomic E-state index is 10.2. The van der Waals surface area contributed by atoms with Gasteiger partial charge in [-0.1, -0.05) is 30.3 Å². The number of allylic oxidation sites excluding steroid dienone is 1. The molecule has 0 heterocycles. The van der Waals surface area contributed by atoms with Crippen LogP contribution < -0.4 is 34.7 Å². The van der Waals surface area contributed by atoms with Crippen molar-refractivity contribution in [3.63, 3.8) is 0 Å². The third-order valence-corrected chi connectivity index (χ3v) is 1.56. The van der Waals surface area contributed by atoms with E-state index in [0.717, 1.165) is 11.6 Å². The van der Waals surface area contributed by atoms with Gasteiger partial charge >= 0.3 is 29.6 Å². The monoisotopic (exact) mass is 184 g/mol. The predicted molar refractivity (Wildman–Crippen MR) is 45.1 cm³/mol. The zero-order valence-electron chi connectivity index (χ0n) is 7.78. The van der Waals surface area contributed by atoms with E-state index < -0.39 is 5.97 Å². The molecule has 0 radical (unpaired) electrons. The molecule has 0 atom stereocenters. The molecule has 0 spiro atoms. The first-order chi connectivity index (χ1) is 5.70. The van der Waals surface area contributed by atoms with E-state index in [1.165, 1.54) is 0 Å². The van der Waals surface area contributed by atoms with E-state index in [9.17, 15) is 9.90 Å². The Morgan fingerprint density at radius 1 is 1.31 bits per heavy atom. The third kappa shape index (κ3) is 4.27. The number of carboxylic acids is 1. The molecule has 0 unspecified atom stereocenters. The second-order valence-electron chi connectivity index (χ2n) is 2.51. The van der Waals surface area contributed by atoms with E-state index >= 15 is 0 Å². The summed E-state index contributed by atoms with van der Waals surface area (Å²) in [6.45, 7) is 1.74. The number of benzene rings is 1. The zero-order chi connectivity index (χ0) is 8.97. The van der Waals surface area contributed by atoms with E-state index in [2.05, 4.69) is 0 Å². The summed E-state index contributed by atoms with van der Waals surface area (Å²) < 4.78 is 0. The average Bonchev–Trinajstić information content (AvgIpc) is 2.05. The molecule has 13 heavy (non-hydrogen) atoms. The summed E-state index contributed by atoms with van der Waals surface area (Å²) in [5.74, 6) is -1.16. The summed E-state index contributed by atoms with van der Waals surface area (Å²) in [5.41, 5.74) is 1.61. The quantitative estimate of drug-likeness (QED) is 0.388. The SMILES string of the molecule is CC(=CC(=O)[O-])c1ccccc1.[Na+]. The first kappa shape index (κ1) is 12.4. The van der Waals surface area contributed by atoms with E-state index in [4.69, 9.17) is 0 Å². The molecule has 1 rings (SSSR count). The van der Waals surface area contributed by atoms with E-state index in [1.807, 2.05) is 30.3 Å². The second kappa shape index (κ2) is 5.97. The normalized spacial score (nSPS) is 10.4. The van der Waals surface area contributed by atoms with Crippen molar-refractivity contribution < 1.29 is 39.5 Å². The summed E-state index contributed by atoms with van der Waals surface area (Å²) >= 11 is 0. The number of rotatable bonds is 2. The molecule has 1 aromatic carbocycles. The van der Waals surface area contributed by atoms with Gasteiger partial charge in [0.25, 0.3) is 0 Å². The van der Waals surface area contributed by atoms with Gasteiger partial charge in [0, 0.05) is 0 Å². The number of aliphatic carboxylic acids is 1. The van der Waals surface area contributed by atoms with Crippen LogP contribution in [-0.2, 0) is 4.79 Å². The standard InChI is InChI=1S/C10H10O2.Na/c1-8(7-10(11)12)9-5-3-2-4-6-9;/h2-7H,1H3,(H,11,12);/q;+1/p-1. The Morgan fingerprint density at radius 3 is 2.31 bits per heavy atom. The van der Waals surface area contributed by atoms with Crippen LogP contribution in [0.15, 0.2) is 36.4 Å². The van der Waals surface area contributed by atoms with Crippen LogP contribution in [0.2, 0.25) is 0 Å². The molecule has 0 bridgehead atoms. The molecule has 0 saturated heterocycles. The van der Waals surface area contributed by atoms with Gasteiger partial charge in [0.1, 0.15) is 0 Å². The van der Waals surface area contributed by atoms with Gasteiger partial charge in [-0.25, -0.2) is 0 Å². The molecule has 0 fully saturated rings. The molecule has 1 aromatic rings. The minimum atomic E-state index is -1.16. The molecule has 0 saturated carbocycles. The summed E-state index contributed by atoms with van der Waals surface area (Å²) in [6, 6.07) is 9.32. The number of carbonyl (C=O) groups excluding carboxylic acids is 1. The van der Waals surface area contributed by atoms with Gasteiger partial charge < -0.3 is 9.90 Å². The van der Waals surface area contributed by atoms with E-state index in [1.54, 1.807) is 6.92 Å². The van der Waals surface area contributed by atoms with Crippen molar-refractivity contribution >= 4 is 11.5 Å². The molecule has 0 N–H and O–H groups in total. The van der Waals surface area contributed by atoms with Crippen LogP contribution in [0, 0.1) is 0 Å². The fourth-order valence-corrected chi connectivity index (χ4v) is 0.961. The smallest absolute Gasteiger partial charge is 0.545 e. The maximum atomic E-state index is 10.2. The molecule has 2 nitrogen and oxygen atoms in total. The Hall–Kier alpha value is -0.570. The van der Waals surface area contributed by atoms with Crippen molar-refractivity contribution in [2.75, 3.05) is 0 Å². The molecule has 0 aliphatic carbocycles. The Bertz CT molecular complexity index is 304. The Balaban J connectivity index is 0.00000144. The summed E-state index contributed by atoms with van der Waals surface area (Å²) in [4.78, 5) is 10.2. The summed E-state index contributed by atoms with van der Waals surface area (Å²) in [7, 11) is 0. The first-order valence-corrected chi connectivity index (χ1v) is 3.65. The fourth-order valence-electron chi connectivity index (χ4n) is 0.961. The van der Waals surface area contributed by atoms with Gasteiger partial charge in [-0.2, -0.15) is 0 Å². The third-order valence-electron chi connectivity index (χ3n) is 1.56. The minimum absolute atomic E-state index is 0. The van der Waals surface area contributed by atoms with Crippen molar-refractivity contribution in [3.8, 4) is 0 Å². The molecule has 0 aromatic heterocycles. The Morgan fingerprint density at radius 2 is 1.85 bits per heavy atom. The molecule has 3 heteroatoms. The van der Waals surface area contributed by atoms with Gasteiger partial charge in [0.05, 0.1) is 5.97 Å². The molecule has 0 amide bonds. The van der Waals surface area contributed by atoms with Crippen LogP contribution in [-0.4, -0.2) is 5.97 Å². The minimum Gasteiger partial charge on any atom is -0.545 e. The summed E-state index contributed by atoms with van der Waals surface area (Å²) in [6.07, 6.45) is 1.09. The maximum Gasteiger partial charge on any atom is 1.00 e. The molecule has 62 valence electrons. The number of hydrogen-bond acceptors (Lipinski definition) is 2. The van der Waals surface area contributed by atoms with Crippen LogP contribution in [0.5, 0.6) is 0 Å². The largest absolute Gasteiger partial charge is 1.00 e. The van der Waals surface area contributed by atoms with Crippen LogP contribution in [0.1, 0.15) is 12.5 Å².